The van der Waals surface area contributed by atoms with Crippen molar-refractivity contribution in [2.24, 2.45) is 0 Å². The molecule has 84 valence electrons. The molecule has 0 saturated carbocycles. The molecule has 15 heavy (non-hydrogen) atoms. The quantitative estimate of drug-likeness (QED) is 0.749. The van der Waals surface area contributed by atoms with Crippen LogP contribution in [0, 0.1) is 6.92 Å². The monoisotopic (exact) mass is 209 g/mol. The van der Waals surface area contributed by atoms with Crippen LogP contribution in [0.5, 0.6) is 5.75 Å². The van der Waals surface area contributed by atoms with Gasteiger partial charge in [-0.2, -0.15) is 0 Å². The topological polar surface area (TPSA) is 41.5 Å². The van der Waals surface area contributed by atoms with Crippen molar-refractivity contribution >= 4 is 0 Å². The van der Waals surface area contributed by atoms with E-state index in [4.69, 9.17) is 9.94 Å². The molecule has 0 amide bonds. The SMILES string of the molecule is COc1c(C)ccc(CNO)c1C(C)C. The predicted octanol–water partition coefficient (Wildman–Crippen LogP) is 2.61. The summed E-state index contributed by atoms with van der Waals surface area (Å²) in [6.07, 6.45) is 0. The highest BCUT2D eigenvalue weighted by Gasteiger charge is 2.14. The lowest BCUT2D eigenvalue weighted by atomic mass is 9.94. The van der Waals surface area contributed by atoms with Gasteiger partial charge in [-0.25, -0.2) is 5.48 Å². The summed E-state index contributed by atoms with van der Waals surface area (Å²) in [5, 5.41) is 8.77. The van der Waals surface area contributed by atoms with Crippen LogP contribution in [0.4, 0.5) is 0 Å². The minimum Gasteiger partial charge on any atom is -0.496 e. The van der Waals surface area contributed by atoms with Crippen molar-refractivity contribution in [2.75, 3.05) is 7.11 Å². The molecule has 0 atom stereocenters. The first-order chi connectivity index (χ1) is 7.11. The molecule has 0 saturated heterocycles. The van der Waals surface area contributed by atoms with Crippen molar-refractivity contribution < 1.29 is 9.94 Å². The molecule has 2 N–H and O–H groups in total. The van der Waals surface area contributed by atoms with E-state index in [1.54, 1.807) is 7.11 Å². The van der Waals surface area contributed by atoms with Crippen LogP contribution in [0.1, 0.15) is 36.5 Å². The summed E-state index contributed by atoms with van der Waals surface area (Å²) in [7, 11) is 1.68. The van der Waals surface area contributed by atoms with E-state index < -0.39 is 0 Å². The van der Waals surface area contributed by atoms with E-state index in [0.29, 0.717) is 12.5 Å². The molecule has 0 aromatic heterocycles. The molecule has 1 aromatic carbocycles. The lowest BCUT2D eigenvalue weighted by Crippen LogP contribution is -2.10. The highest BCUT2D eigenvalue weighted by molar-refractivity contribution is 5.47. The van der Waals surface area contributed by atoms with Gasteiger partial charge >= 0.3 is 0 Å². The molecular formula is C12H19NO2. The van der Waals surface area contributed by atoms with Gasteiger partial charge in [0.05, 0.1) is 7.11 Å². The van der Waals surface area contributed by atoms with Crippen molar-refractivity contribution in [3.63, 3.8) is 0 Å². The first-order valence-corrected chi connectivity index (χ1v) is 5.15. The number of hydrogen-bond donors (Lipinski definition) is 2. The number of ether oxygens (including phenoxy) is 1. The highest BCUT2D eigenvalue weighted by atomic mass is 16.5. The summed E-state index contributed by atoms with van der Waals surface area (Å²) in [5.74, 6) is 1.31. The summed E-state index contributed by atoms with van der Waals surface area (Å²) in [6.45, 7) is 6.72. The molecule has 0 heterocycles. The summed E-state index contributed by atoms with van der Waals surface area (Å²) < 4.78 is 5.41. The van der Waals surface area contributed by atoms with E-state index in [-0.39, 0.29) is 0 Å². The molecule has 0 aliphatic carbocycles. The lowest BCUT2D eigenvalue weighted by Gasteiger charge is -2.18. The Kier molecular flexibility index (Phi) is 4.12. The third kappa shape index (κ3) is 2.49. The van der Waals surface area contributed by atoms with Crippen LogP contribution >= 0.6 is 0 Å². The van der Waals surface area contributed by atoms with E-state index in [1.165, 1.54) is 5.56 Å². The molecule has 1 aromatic rings. The van der Waals surface area contributed by atoms with Gasteiger partial charge in [0.1, 0.15) is 5.75 Å². The Bertz CT molecular complexity index is 335. The van der Waals surface area contributed by atoms with Crippen LogP contribution in [0.15, 0.2) is 12.1 Å². The van der Waals surface area contributed by atoms with Gasteiger partial charge in [0.25, 0.3) is 0 Å². The van der Waals surface area contributed by atoms with Crippen molar-refractivity contribution in [3.05, 3.63) is 28.8 Å². The fourth-order valence-corrected chi connectivity index (χ4v) is 1.89. The minimum atomic E-state index is 0.378. The van der Waals surface area contributed by atoms with Crippen molar-refractivity contribution in [2.45, 2.75) is 33.2 Å². The molecular weight excluding hydrogens is 190 g/mol. The maximum atomic E-state index is 8.77. The molecule has 0 bridgehead atoms. The van der Waals surface area contributed by atoms with Gasteiger partial charge in [-0.1, -0.05) is 26.0 Å². The molecule has 0 radical (unpaired) electrons. The Labute approximate surface area is 91.0 Å². The second-order valence-corrected chi connectivity index (χ2v) is 3.98. The molecule has 3 heteroatoms. The number of aryl methyl sites for hydroxylation is 1. The summed E-state index contributed by atoms with van der Waals surface area (Å²) in [5.41, 5.74) is 5.57. The van der Waals surface area contributed by atoms with Gasteiger partial charge in [-0.15, -0.1) is 0 Å². The Morgan fingerprint density at radius 3 is 2.53 bits per heavy atom. The van der Waals surface area contributed by atoms with E-state index >= 15 is 0 Å². The van der Waals surface area contributed by atoms with Crippen LogP contribution < -0.4 is 10.2 Å². The van der Waals surface area contributed by atoms with E-state index in [0.717, 1.165) is 16.9 Å². The maximum Gasteiger partial charge on any atom is 0.125 e. The molecule has 0 aliphatic rings. The zero-order valence-electron chi connectivity index (χ0n) is 9.79. The van der Waals surface area contributed by atoms with Gasteiger partial charge in [0, 0.05) is 12.1 Å². The number of hydroxylamine groups is 1. The van der Waals surface area contributed by atoms with Crippen LogP contribution in [-0.4, -0.2) is 12.3 Å². The molecule has 0 fully saturated rings. The fourth-order valence-electron chi connectivity index (χ4n) is 1.89. The van der Waals surface area contributed by atoms with Gasteiger partial charge in [0.2, 0.25) is 0 Å². The molecule has 3 nitrogen and oxygen atoms in total. The second kappa shape index (κ2) is 5.14. The molecule has 0 spiro atoms. The standard InChI is InChI=1S/C12H19NO2/c1-8(2)11-10(7-13-14)6-5-9(3)12(11)15-4/h5-6,8,13-14H,7H2,1-4H3. The van der Waals surface area contributed by atoms with Gasteiger partial charge < -0.3 is 9.94 Å². The van der Waals surface area contributed by atoms with Crippen LogP contribution in [0.2, 0.25) is 0 Å². The van der Waals surface area contributed by atoms with Crippen LogP contribution in [0.25, 0.3) is 0 Å². The average Bonchev–Trinajstić information content (AvgIpc) is 2.20. The Hall–Kier alpha value is -1.06. The summed E-state index contributed by atoms with van der Waals surface area (Å²) >= 11 is 0. The van der Waals surface area contributed by atoms with Gasteiger partial charge in [-0.05, 0) is 24.0 Å². The van der Waals surface area contributed by atoms with Crippen molar-refractivity contribution in [3.8, 4) is 5.75 Å². The third-order valence-corrected chi connectivity index (χ3v) is 2.53. The van der Waals surface area contributed by atoms with E-state index in [9.17, 15) is 0 Å². The summed E-state index contributed by atoms with van der Waals surface area (Å²) in [4.78, 5) is 0. The first-order valence-electron chi connectivity index (χ1n) is 5.15. The molecule has 1 rings (SSSR count). The molecule has 0 unspecified atom stereocenters. The van der Waals surface area contributed by atoms with Crippen molar-refractivity contribution in [1.82, 2.24) is 5.48 Å². The zero-order valence-corrected chi connectivity index (χ0v) is 9.79. The van der Waals surface area contributed by atoms with Gasteiger partial charge in [-0.3, -0.25) is 0 Å². The number of methoxy groups -OCH3 is 1. The normalized spacial score (nSPS) is 10.8. The van der Waals surface area contributed by atoms with Crippen LogP contribution in [0.3, 0.4) is 0 Å². The predicted molar refractivity (Wildman–Crippen MR) is 60.4 cm³/mol. The number of benzene rings is 1. The third-order valence-electron chi connectivity index (χ3n) is 2.53. The van der Waals surface area contributed by atoms with Gasteiger partial charge in [0.15, 0.2) is 0 Å². The second-order valence-electron chi connectivity index (χ2n) is 3.98. The first kappa shape index (κ1) is 12.0. The van der Waals surface area contributed by atoms with Crippen molar-refractivity contribution in [1.29, 1.82) is 0 Å². The lowest BCUT2D eigenvalue weighted by molar-refractivity contribution is 0.161. The Morgan fingerprint density at radius 2 is 2.07 bits per heavy atom. The fraction of sp³-hybridized carbons (Fsp3) is 0.500. The average molecular weight is 209 g/mol. The highest BCUT2D eigenvalue weighted by Crippen LogP contribution is 2.32. The molecule has 0 aliphatic heterocycles. The number of rotatable bonds is 4. The largest absolute Gasteiger partial charge is 0.496 e. The number of hydrogen-bond acceptors (Lipinski definition) is 3. The Balaban J connectivity index is 3.28. The smallest absolute Gasteiger partial charge is 0.125 e. The minimum absolute atomic E-state index is 0.378. The maximum absolute atomic E-state index is 8.77. The van der Waals surface area contributed by atoms with E-state index in [2.05, 4.69) is 19.3 Å². The van der Waals surface area contributed by atoms with E-state index in [1.807, 2.05) is 19.1 Å². The Morgan fingerprint density at radius 1 is 1.40 bits per heavy atom. The van der Waals surface area contributed by atoms with Crippen LogP contribution in [-0.2, 0) is 6.54 Å². The summed E-state index contributed by atoms with van der Waals surface area (Å²) in [6, 6.07) is 4.04. The number of nitrogens with one attached hydrogen (secondary N) is 1. The zero-order chi connectivity index (χ0) is 11.4.